The molecule has 2 aliphatic heterocycles. The van der Waals surface area contributed by atoms with Crippen molar-refractivity contribution < 1.29 is 32.3 Å². The monoisotopic (exact) mass is 581 g/mol. The number of halogens is 1. The van der Waals surface area contributed by atoms with Crippen LogP contribution >= 0.6 is 11.6 Å². The van der Waals surface area contributed by atoms with Crippen LogP contribution in [0.4, 0.5) is 10.5 Å². The van der Waals surface area contributed by atoms with Crippen molar-refractivity contribution in [2.45, 2.75) is 67.9 Å². The normalized spacial score (nSPS) is 29.7. The van der Waals surface area contributed by atoms with Gasteiger partial charge in [0.2, 0.25) is 5.54 Å². The lowest BCUT2D eigenvalue weighted by atomic mass is 9.92. The van der Waals surface area contributed by atoms with Gasteiger partial charge in [0, 0.05) is 23.2 Å². The van der Waals surface area contributed by atoms with Gasteiger partial charge in [0.05, 0.1) is 0 Å². The molecule has 1 aromatic carbocycles. The van der Waals surface area contributed by atoms with Gasteiger partial charge in [0.1, 0.15) is 0 Å². The number of ether oxygens (including phenoxy) is 1. The third-order valence-electron chi connectivity index (χ3n) is 7.53. The van der Waals surface area contributed by atoms with Crippen LogP contribution in [-0.4, -0.2) is 60.2 Å². The minimum absolute atomic E-state index is 0.0140. The smallest absolute Gasteiger partial charge is 0.405 e. The van der Waals surface area contributed by atoms with Crippen LogP contribution in [0.25, 0.3) is 0 Å². The van der Waals surface area contributed by atoms with Crippen LogP contribution in [0.3, 0.4) is 0 Å². The van der Waals surface area contributed by atoms with E-state index >= 15 is 0 Å². The van der Waals surface area contributed by atoms with Crippen molar-refractivity contribution in [2.75, 3.05) is 11.3 Å². The summed E-state index contributed by atoms with van der Waals surface area (Å²) in [5.74, 6) is -3.49. The summed E-state index contributed by atoms with van der Waals surface area (Å²) >= 11 is 5.92. The van der Waals surface area contributed by atoms with E-state index in [0.29, 0.717) is 24.3 Å². The third kappa shape index (κ3) is 5.55. The summed E-state index contributed by atoms with van der Waals surface area (Å²) in [6.07, 6.45) is 4.03. The molecule has 4 atom stereocenters. The number of primary amides is 2. The highest BCUT2D eigenvalue weighted by molar-refractivity contribution is 7.94. The summed E-state index contributed by atoms with van der Waals surface area (Å²) in [4.78, 5) is 51.1. The molecule has 0 spiro atoms. The summed E-state index contributed by atoms with van der Waals surface area (Å²) in [6, 6.07) is 6.01. The van der Waals surface area contributed by atoms with Gasteiger partial charge in [0.15, 0.2) is 11.0 Å². The van der Waals surface area contributed by atoms with E-state index in [9.17, 15) is 27.6 Å². The Balaban J connectivity index is 1.73. The van der Waals surface area contributed by atoms with Gasteiger partial charge in [-0.1, -0.05) is 30.2 Å². The largest absolute Gasteiger partial charge is 0.436 e. The Hall–Kier alpha value is -3.32. The number of nitrogens with two attached hydrogens (primary N) is 2. The van der Waals surface area contributed by atoms with E-state index < -0.39 is 56.3 Å². The molecule has 3 aliphatic rings. The second-order valence-corrected chi connectivity index (χ2v) is 12.5. The fourth-order valence-corrected chi connectivity index (χ4v) is 7.23. The molecular formula is C25H32ClN5O7S. The Morgan fingerprint density at radius 1 is 1.10 bits per heavy atom. The Labute approximate surface area is 231 Å². The number of carbonyl (C=O) groups is 4. The van der Waals surface area contributed by atoms with Crippen molar-refractivity contribution in [1.29, 1.82) is 0 Å². The number of allylic oxidation sites excluding steroid dienone is 1. The van der Waals surface area contributed by atoms with Crippen molar-refractivity contribution in [3.8, 4) is 0 Å². The second-order valence-electron chi connectivity index (χ2n) is 10.1. The number of carbonyl (C=O) groups excluding carboxylic acids is 4. The second kappa shape index (κ2) is 11.0. The van der Waals surface area contributed by atoms with Crippen LogP contribution in [0.15, 0.2) is 36.4 Å². The molecule has 0 bridgehead atoms. The van der Waals surface area contributed by atoms with E-state index in [-0.39, 0.29) is 37.9 Å². The van der Waals surface area contributed by atoms with E-state index in [2.05, 4.69) is 10.0 Å². The molecule has 2 heterocycles. The first-order chi connectivity index (χ1) is 18.4. The zero-order chi connectivity index (χ0) is 28.4. The molecule has 1 saturated heterocycles. The maximum absolute atomic E-state index is 13.9. The van der Waals surface area contributed by atoms with Crippen molar-refractivity contribution in [2.24, 2.45) is 17.4 Å². The van der Waals surface area contributed by atoms with Gasteiger partial charge in [-0.3, -0.25) is 19.1 Å². The van der Waals surface area contributed by atoms with Crippen molar-refractivity contribution in [1.82, 2.24) is 10.2 Å². The minimum Gasteiger partial charge on any atom is -0.436 e. The van der Waals surface area contributed by atoms with Gasteiger partial charge in [-0.2, -0.15) is 0 Å². The molecule has 2 fully saturated rings. The number of nitrogens with zero attached hydrogens (tertiary/aromatic N) is 1. The molecule has 39 heavy (non-hydrogen) atoms. The molecular weight excluding hydrogens is 550 g/mol. The van der Waals surface area contributed by atoms with E-state index in [1.54, 1.807) is 6.08 Å². The standard InChI is InChI=1S/C25H32ClN5O7S/c26-17-9-11-18(12-10-17)30-39(36,37)25-15-16(25)7-4-2-1-3-5-8-19(38-23(28)35)20(32)31-14-6-13-24(31,21(27)33)22(34)29-25/h4,7,9-12,16,19,30H,1-3,5-6,8,13-15H2,(H2,27,33)(H2,28,35)(H,29,34). The van der Waals surface area contributed by atoms with Gasteiger partial charge >= 0.3 is 6.09 Å². The number of benzene rings is 1. The first-order valence-corrected chi connectivity index (χ1v) is 14.6. The highest BCUT2D eigenvalue weighted by Gasteiger charge is 2.67. The Morgan fingerprint density at radius 3 is 2.49 bits per heavy atom. The van der Waals surface area contributed by atoms with Crippen molar-refractivity contribution >= 4 is 51.1 Å². The zero-order valence-electron chi connectivity index (χ0n) is 21.2. The molecule has 4 unspecified atom stereocenters. The summed E-state index contributed by atoms with van der Waals surface area (Å²) in [5, 5.41) is 3.00. The Kier molecular flexibility index (Phi) is 8.12. The number of hydrogen-bond donors (Lipinski definition) is 4. The number of sulfonamides is 1. The van der Waals surface area contributed by atoms with Crippen LogP contribution in [0, 0.1) is 5.92 Å². The molecule has 6 N–H and O–H groups in total. The topological polar surface area (TPSA) is 191 Å². The lowest BCUT2D eigenvalue weighted by Crippen LogP contribution is -2.68. The first-order valence-electron chi connectivity index (χ1n) is 12.8. The predicted molar refractivity (Wildman–Crippen MR) is 143 cm³/mol. The van der Waals surface area contributed by atoms with Gasteiger partial charge in [-0.05, 0) is 69.2 Å². The SMILES string of the molecule is NC(=O)OC1CCCCCC=CC2CC2(S(=O)(=O)Nc2ccc(Cl)cc2)NC(=O)C2(C(N)=O)CCCN2C1=O. The maximum atomic E-state index is 13.9. The molecule has 0 radical (unpaired) electrons. The quantitative estimate of drug-likeness (QED) is 0.300. The van der Waals surface area contributed by atoms with Crippen LogP contribution in [0.1, 0.15) is 51.4 Å². The zero-order valence-corrected chi connectivity index (χ0v) is 22.8. The lowest BCUT2D eigenvalue weighted by Gasteiger charge is -2.37. The highest BCUT2D eigenvalue weighted by atomic mass is 35.5. The number of nitrogens with one attached hydrogen (secondary N) is 2. The number of fused-ring (bicyclic) bond motifs is 2. The number of anilines is 1. The maximum Gasteiger partial charge on any atom is 0.405 e. The number of rotatable bonds is 5. The first kappa shape index (κ1) is 28.7. The predicted octanol–water partition coefficient (Wildman–Crippen LogP) is 1.74. The average Bonchev–Trinajstić information content (AvgIpc) is 3.38. The molecule has 212 valence electrons. The molecule has 1 saturated carbocycles. The third-order valence-corrected chi connectivity index (χ3v) is 9.82. The van der Waals surface area contributed by atoms with Gasteiger partial charge in [-0.25, -0.2) is 13.2 Å². The van der Waals surface area contributed by atoms with Crippen LogP contribution in [0.2, 0.25) is 5.02 Å². The van der Waals surface area contributed by atoms with Crippen molar-refractivity contribution in [3.05, 3.63) is 41.4 Å². The van der Waals surface area contributed by atoms with E-state index in [4.69, 9.17) is 27.8 Å². The molecule has 14 heteroatoms. The summed E-state index contributed by atoms with van der Waals surface area (Å²) in [6.45, 7) is -0.0140. The minimum atomic E-state index is -4.26. The molecule has 1 aromatic rings. The van der Waals surface area contributed by atoms with Crippen LogP contribution < -0.4 is 21.5 Å². The summed E-state index contributed by atoms with van der Waals surface area (Å²) in [5.41, 5.74) is 9.00. The van der Waals surface area contributed by atoms with Crippen LogP contribution in [0.5, 0.6) is 0 Å². The number of hydrogen-bond acceptors (Lipinski definition) is 7. The fraction of sp³-hybridized carbons (Fsp3) is 0.520. The molecule has 1 aliphatic carbocycles. The molecule has 0 aromatic heterocycles. The average molecular weight is 582 g/mol. The fourth-order valence-electron chi connectivity index (χ4n) is 5.37. The molecule has 12 nitrogen and oxygen atoms in total. The van der Waals surface area contributed by atoms with E-state index in [1.807, 2.05) is 6.08 Å². The molecule has 4 rings (SSSR count). The van der Waals surface area contributed by atoms with Crippen LogP contribution in [-0.2, 0) is 29.1 Å². The highest BCUT2D eigenvalue weighted by Crippen LogP contribution is 2.50. The van der Waals surface area contributed by atoms with Crippen molar-refractivity contribution in [3.63, 3.8) is 0 Å². The summed E-state index contributed by atoms with van der Waals surface area (Å²) in [7, 11) is -4.26. The van der Waals surface area contributed by atoms with Gasteiger partial charge in [0.25, 0.3) is 27.7 Å². The van der Waals surface area contributed by atoms with Gasteiger partial charge < -0.3 is 26.4 Å². The molecule has 4 amide bonds. The van der Waals surface area contributed by atoms with E-state index in [0.717, 1.165) is 11.3 Å². The number of amides is 4. The Morgan fingerprint density at radius 2 is 1.82 bits per heavy atom. The Bertz CT molecular complexity index is 1290. The van der Waals surface area contributed by atoms with Gasteiger partial charge in [-0.15, -0.1) is 0 Å². The summed E-state index contributed by atoms with van der Waals surface area (Å²) < 4.78 is 34.9. The lowest BCUT2D eigenvalue weighted by molar-refractivity contribution is -0.157. The van der Waals surface area contributed by atoms with E-state index in [1.165, 1.54) is 24.3 Å².